The molecule has 5 heteroatoms. The third-order valence-electron chi connectivity index (χ3n) is 2.83. The van der Waals surface area contributed by atoms with Crippen molar-refractivity contribution in [3.05, 3.63) is 0 Å². The van der Waals surface area contributed by atoms with Gasteiger partial charge in [-0.15, -0.1) is 0 Å². The lowest BCUT2D eigenvalue weighted by Crippen LogP contribution is -2.48. The van der Waals surface area contributed by atoms with Crippen LogP contribution in [0.2, 0.25) is 0 Å². The summed E-state index contributed by atoms with van der Waals surface area (Å²) in [6.07, 6.45) is 1.77. The van der Waals surface area contributed by atoms with Crippen molar-refractivity contribution in [3.63, 3.8) is 0 Å². The van der Waals surface area contributed by atoms with Crippen LogP contribution in [0.25, 0.3) is 0 Å². The summed E-state index contributed by atoms with van der Waals surface area (Å²) in [5.41, 5.74) is -1.84. The molecule has 1 aliphatic carbocycles. The van der Waals surface area contributed by atoms with E-state index in [0.717, 1.165) is 6.42 Å². The number of carboxylic acids is 2. The molecule has 0 spiro atoms. The molecule has 14 heavy (non-hydrogen) atoms. The molecule has 0 aromatic rings. The molecule has 1 rings (SSSR count). The van der Waals surface area contributed by atoms with Gasteiger partial charge in [0.25, 0.3) is 0 Å². The Morgan fingerprint density at radius 2 is 1.93 bits per heavy atom. The van der Waals surface area contributed by atoms with Gasteiger partial charge in [-0.25, -0.2) is 4.79 Å². The molecule has 80 valence electrons. The fourth-order valence-electron chi connectivity index (χ4n) is 1.99. The van der Waals surface area contributed by atoms with E-state index in [4.69, 9.17) is 10.2 Å². The highest BCUT2D eigenvalue weighted by Crippen LogP contribution is 2.36. The molecule has 0 saturated heterocycles. The Kier molecular flexibility index (Phi) is 3.10. The zero-order valence-electron chi connectivity index (χ0n) is 7.77. The lowest BCUT2D eigenvalue weighted by molar-refractivity contribution is -0.171. The number of rotatable bonds is 3. The standard InChI is InChI=1S/C9H14O5/c10-7(11)5-6-3-1-2-4-9(6,14)8(12)13/h6,14H,1-5H2,(H,10,11)(H,12,13). The zero-order chi connectivity index (χ0) is 10.8. The molecule has 2 atom stereocenters. The number of aliphatic hydroxyl groups is 1. The first-order valence-electron chi connectivity index (χ1n) is 4.64. The summed E-state index contributed by atoms with van der Waals surface area (Å²) in [5, 5.41) is 27.2. The summed E-state index contributed by atoms with van der Waals surface area (Å²) in [6, 6.07) is 0. The van der Waals surface area contributed by atoms with Crippen LogP contribution in [0.1, 0.15) is 32.1 Å². The summed E-state index contributed by atoms with van der Waals surface area (Å²) in [7, 11) is 0. The second kappa shape index (κ2) is 3.96. The molecule has 0 amide bonds. The quantitative estimate of drug-likeness (QED) is 0.618. The first kappa shape index (κ1) is 11.0. The first-order chi connectivity index (χ1) is 6.47. The number of carbonyl (C=O) groups is 2. The van der Waals surface area contributed by atoms with Crippen LogP contribution >= 0.6 is 0 Å². The predicted molar refractivity (Wildman–Crippen MR) is 46.8 cm³/mol. The molecule has 0 aromatic heterocycles. The molecule has 1 saturated carbocycles. The van der Waals surface area contributed by atoms with Crippen molar-refractivity contribution in [2.45, 2.75) is 37.7 Å². The molecular formula is C9H14O5. The van der Waals surface area contributed by atoms with Gasteiger partial charge < -0.3 is 15.3 Å². The maximum Gasteiger partial charge on any atom is 0.335 e. The van der Waals surface area contributed by atoms with Crippen molar-refractivity contribution in [2.24, 2.45) is 5.92 Å². The molecule has 0 aliphatic heterocycles. The average molecular weight is 202 g/mol. The number of hydrogen-bond acceptors (Lipinski definition) is 3. The van der Waals surface area contributed by atoms with Crippen LogP contribution in [0.15, 0.2) is 0 Å². The van der Waals surface area contributed by atoms with E-state index in [9.17, 15) is 14.7 Å². The number of aliphatic carboxylic acids is 2. The smallest absolute Gasteiger partial charge is 0.335 e. The van der Waals surface area contributed by atoms with Crippen LogP contribution < -0.4 is 0 Å². The summed E-state index contributed by atoms with van der Waals surface area (Å²) >= 11 is 0. The summed E-state index contributed by atoms with van der Waals surface area (Å²) < 4.78 is 0. The molecule has 1 fully saturated rings. The van der Waals surface area contributed by atoms with Gasteiger partial charge in [-0.1, -0.05) is 6.42 Å². The minimum atomic E-state index is -1.84. The van der Waals surface area contributed by atoms with E-state index >= 15 is 0 Å². The summed E-state index contributed by atoms with van der Waals surface area (Å²) in [4.78, 5) is 21.3. The SMILES string of the molecule is O=C(O)CC1CCCCC1(O)C(=O)O. The second-order valence-electron chi connectivity index (χ2n) is 3.77. The highest BCUT2D eigenvalue weighted by Gasteiger charge is 2.46. The van der Waals surface area contributed by atoms with E-state index in [1.165, 1.54) is 0 Å². The Balaban J connectivity index is 2.77. The maximum atomic E-state index is 10.8. The lowest BCUT2D eigenvalue weighted by atomic mass is 9.74. The van der Waals surface area contributed by atoms with Gasteiger partial charge in [0.05, 0.1) is 6.42 Å². The van der Waals surface area contributed by atoms with E-state index in [1.807, 2.05) is 0 Å². The molecule has 1 aliphatic rings. The summed E-state index contributed by atoms with van der Waals surface area (Å²) in [5.74, 6) is -3.02. The van der Waals surface area contributed by atoms with Crippen LogP contribution in [0.5, 0.6) is 0 Å². The first-order valence-corrected chi connectivity index (χ1v) is 4.64. The molecule has 0 heterocycles. The van der Waals surface area contributed by atoms with Crippen molar-refractivity contribution < 1.29 is 24.9 Å². The van der Waals surface area contributed by atoms with Gasteiger partial charge in [0, 0.05) is 5.92 Å². The molecule has 2 unspecified atom stereocenters. The van der Waals surface area contributed by atoms with Gasteiger partial charge in [-0.05, 0) is 19.3 Å². The van der Waals surface area contributed by atoms with Crippen molar-refractivity contribution in [3.8, 4) is 0 Å². The fourth-order valence-corrected chi connectivity index (χ4v) is 1.99. The third kappa shape index (κ3) is 2.04. The third-order valence-corrected chi connectivity index (χ3v) is 2.83. The highest BCUT2D eigenvalue weighted by molar-refractivity contribution is 5.79. The molecular weight excluding hydrogens is 188 g/mol. The predicted octanol–water partition coefficient (Wildman–Crippen LogP) is 0.467. The van der Waals surface area contributed by atoms with Crippen LogP contribution in [0.4, 0.5) is 0 Å². The van der Waals surface area contributed by atoms with Crippen molar-refractivity contribution in [1.82, 2.24) is 0 Å². The average Bonchev–Trinajstić information content (AvgIpc) is 2.08. The Morgan fingerprint density at radius 3 is 2.43 bits per heavy atom. The Labute approximate surface area is 81.4 Å². The monoisotopic (exact) mass is 202 g/mol. The Bertz CT molecular complexity index is 250. The summed E-state index contributed by atoms with van der Waals surface area (Å²) in [6.45, 7) is 0. The van der Waals surface area contributed by atoms with Gasteiger partial charge in [0.15, 0.2) is 5.60 Å². The Morgan fingerprint density at radius 1 is 1.29 bits per heavy atom. The van der Waals surface area contributed by atoms with E-state index in [0.29, 0.717) is 12.8 Å². The topological polar surface area (TPSA) is 94.8 Å². The second-order valence-corrected chi connectivity index (χ2v) is 3.77. The lowest BCUT2D eigenvalue weighted by Gasteiger charge is -2.35. The van der Waals surface area contributed by atoms with E-state index in [-0.39, 0.29) is 12.8 Å². The highest BCUT2D eigenvalue weighted by atomic mass is 16.4. The molecule has 0 aromatic carbocycles. The van der Waals surface area contributed by atoms with Crippen molar-refractivity contribution in [2.75, 3.05) is 0 Å². The minimum Gasteiger partial charge on any atom is -0.481 e. The number of carboxylic acid groups (broad SMARTS) is 2. The minimum absolute atomic E-state index is 0.153. The van der Waals surface area contributed by atoms with E-state index in [2.05, 4.69) is 0 Å². The van der Waals surface area contributed by atoms with E-state index < -0.39 is 23.5 Å². The van der Waals surface area contributed by atoms with E-state index in [1.54, 1.807) is 0 Å². The molecule has 3 N–H and O–H groups in total. The molecule has 0 bridgehead atoms. The Hall–Kier alpha value is -1.10. The van der Waals surface area contributed by atoms with Gasteiger partial charge in [-0.3, -0.25) is 4.79 Å². The van der Waals surface area contributed by atoms with Gasteiger partial charge in [0.1, 0.15) is 0 Å². The largest absolute Gasteiger partial charge is 0.481 e. The normalized spacial score (nSPS) is 32.5. The van der Waals surface area contributed by atoms with Crippen LogP contribution in [0.3, 0.4) is 0 Å². The van der Waals surface area contributed by atoms with Gasteiger partial charge in [0.2, 0.25) is 0 Å². The van der Waals surface area contributed by atoms with Crippen LogP contribution in [0, 0.1) is 5.92 Å². The molecule has 5 nitrogen and oxygen atoms in total. The van der Waals surface area contributed by atoms with Gasteiger partial charge >= 0.3 is 11.9 Å². The zero-order valence-corrected chi connectivity index (χ0v) is 7.77. The fraction of sp³-hybridized carbons (Fsp3) is 0.778. The maximum absolute atomic E-state index is 10.8. The number of hydrogen-bond donors (Lipinski definition) is 3. The molecule has 0 radical (unpaired) electrons. The van der Waals surface area contributed by atoms with Crippen molar-refractivity contribution >= 4 is 11.9 Å². The van der Waals surface area contributed by atoms with Crippen molar-refractivity contribution in [1.29, 1.82) is 0 Å². The van der Waals surface area contributed by atoms with Crippen LogP contribution in [-0.2, 0) is 9.59 Å². The van der Waals surface area contributed by atoms with Gasteiger partial charge in [-0.2, -0.15) is 0 Å². The van der Waals surface area contributed by atoms with Crippen LogP contribution in [-0.4, -0.2) is 32.9 Å².